The Hall–Kier alpha value is -1.06. The molecule has 1 unspecified atom stereocenters. The van der Waals surface area contributed by atoms with E-state index in [2.05, 4.69) is 30.9 Å². The molecule has 2 aliphatic rings. The average Bonchev–Trinajstić information content (AvgIpc) is 2.73. The first kappa shape index (κ1) is 12.0. The van der Waals surface area contributed by atoms with E-state index in [9.17, 15) is 0 Å². The minimum absolute atomic E-state index is 0.0171. The number of hydrogen-bond donors (Lipinski definition) is 1. The van der Waals surface area contributed by atoms with Gasteiger partial charge in [-0.15, -0.1) is 0 Å². The normalized spacial score (nSPS) is 27.1. The van der Waals surface area contributed by atoms with Crippen LogP contribution < -0.4 is 5.73 Å². The fourth-order valence-electron chi connectivity index (χ4n) is 3.24. The molecule has 1 aromatic rings. The van der Waals surface area contributed by atoms with Crippen molar-refractivity contribution in [2.75, 3.05) is 12.3 Å². The van der Waals surface area contributed by atoms with Gasteiger partial charge in [0.05, 0.1) is 5.60 Å². The van der Waals surface area contributed by atoms with Crippen LogP contribution in [0.4, 0.5) is 5.69 Å². The average molecular weight is 246 g/mol. The lowest BCUT2D eigenvalue weighted by atomic mass is 9.93. The maximum Gasteiger partial charge on any atom is 0.0641 e. The molecule has 3 nitrogen and oxygen atoms in total. The van der Waals surface area contributed by atoms with Gasteiger partial charge < -0.3 is 10.5 Å². The quantitative estimate of drug-likeness (QED) is 0.774. The second kappa shape index (κ2) is 4.25. The van der Waals surface area contributed by atoms with Gasteiger partial charge in [-0.25, -0.2) is 0 Å². The summed E-state index contributed by atoms with van der Waals surface area (Å²) in [5.74, 6) is 0. The van der Waals surface area contributed by atoms with Crippen LogP contribution in [0.15, 0.2) is 18.2 Å². The first-order chi connectivity index (χ1) is 8.55. The molecule has 3 heteroatoms. The van der Waals surface area contributed by atoms with E-state index in [0.717, 1.165) is 38.2 Å². The van der Waals surface area contributed by atoms with Gasteiger partial charge in [-0.3, -0.25) is 4.90 Å². The van der Waals surface area contributed by atoms with Gasteiger partial charge in [0.2, 0.25) is 0 Å². The van der Waals surface area contributed by atoms with E-state index in [1.807, 2.05) is 6.07 Å². The molecular formula is C15H22N2O. The third kappa shape index (κ3) is 2.13. The van der Waals surface area contributed by atoms with Gasteiger partial charge in [0.25, 0.3) is 0 Å². The first-order valence-electron chi connectivity index (χ1n) is 6.79. The van der Waals surface area contributed by atoms with Crippen LogP contribution in [0.1, 0.15) is 37.8 Å². The SMILES string of the molecule is CC1(C)CC(N2Cc3cccc(N)c3C2)CCO1. The van der Waals surface area contributed by atoms with E-state index in [4.69, 9.17) is 10.5 Å². The molecule has 0 radical (unpaired) electrons. The molecule has 0 saturated carbocycles. The van der Waals surface area contributed by atoms with Crippen LogP contribution >= 0.6 is 0 Å². The summed E-state index contributed by atoms with van der Waals surface area (Å²) < 4.78 is 5.80. The monoisotopic (exact) mass is 246 g/mol. The Kier molecular flexibility index (Phi) is 2.83. The zero-order valence-electron chi connectivity index (χ0n) is 11.3. The molecule has 98 valence electrons. The highest BCUT2D eigenvalue weighted by Gasteiger charge is 2.34. The number of nitrogens with two attached hydrogens (primary N) is 1. The molecule has 2 N–H and O–H groups in total. The maximum atomic E-state index is 6.07. The number of nitrogen functional groups attached to an aromatic ring is 1. The molecule has 1 saturated heterocycles. The Labute approximate surface area is 109 Å². The Morgan fingerprint density at radius 3 is 2.89 bits per heavy atom. The Morgan fingerprint density at radius 2 is 2.17 bits per heavy atom. The molecule has 0 amide bonds. The van der Waals surface area contributed by atoms with E-state index in [0.29, 0.717) is 6.04 Å². The summed E-state index contributed by atoms with van der Waals surface area (Å²) >= 11 is 0. The fraction of sp³-hybridized carbons (Fsp3) is 0.600. The molecule has 0 aromatic heterocycles. The van der Waals surface area contributed by atoms with Crippen molar-refractivity contribution in [2.24, 2.45) is 0 Å². The van der Waals surface area contributed by atoms with Crippen LogP contribution in [-0.2, 0) is 17.8 Å². The van der Waals surface area contributed by atoms with E-state index < -0.39 is 0 Å². The molecule has 0 bridgehead atoms. The fourth-order valence-corrected chi connectivity index (χ4v) is 3.24. The summed E-state index contributed by atoms with van der Waals surface area (Å²) in [6, 6.07) is 6.90. The van der Waals surface area contributed by atoms with Gasteiger partial charge in [-0.1, -0.05) is 12.1 Å². The molecule has 0 aliphatic carbocycles. The molecule has 2 heterocycles. The van der Waals surface area contributed by atoms with E-state index >= 15 is 0 Å². The number of ether oxygens (including phenoxy) is 1. The zero-order valence-corrected chi connectivity index (χ0v) is 11.3. The zero-order chi connectivity index (χ0) is 12.8. The largest absolute Gasteiger partial charge is 0.398 e. The van der Waals surface area contributed by atoms with E-state index in [1.54, 1.807) is 0 Å². The van der Waals surface area contributed by atoms with Crippen molar-refractivity contribution >= 4 is 5.69 Å². The van der Waals surface area contributed by atoms with Crippen molar-refractivity contribution in [1.82, 2.24) is 4.90 Å². The van der Waals surface area contributed by atoms with Crippen LogP contribution in [0.3, 0.4) is 0 Å². The third-order valence-corrected chi connectivity index (χ3v) is 4.23. The molecule has 2 aliphatic heterocycles. The second-order valence-corrected chi connectivity index (χ2v) is 6.14. The lowest BCUT2D eigenvalue weighted by molar-refractivity contribution is -0.0842. The maximum absolute atomic E-state index is 6.07. The lowest BCUT2D eigenvalue weighted by Crippen LogP contribution is -2.44. The van der Waals surface area contributed by atoms with Gasteiger partial charge in [-0.2, -0.15) is 0 Å². The molecule has 1 aromatic carbocycles. The van der Waals surface area contributed by atoms with Crippen molar-refractivity contribution in [3.05, 3.63) is 29.3 Å². The molecule has 1 fully saturated rings. The second-order valence-electron chi connectivity index (χ2n) is 6.14. The van der Waals surface area contributed by atoms with Gasteiger partial charge in [0.15, 0.2) is 0 Å². The summed E-state index contributed by atoms with van der Waals surface area (Å²) in [5.41, 5.74) is 9.77. The van der Waals surface area contributed by atoms with Gasteiger partial charge in [-0.05, 0) is 43.9 Å². The number of benzene rings is 1. The van der Waals surface area contributed by atoms with E-state index in [-0.39, 0.29) is 5.60 Å². The predicted octanol–water partition coefficient (Wildman–Crippen LogP) is 2.54. The summed E-state index contributed by atoms with van der Waals surface area (Å²) in [5, 5.41) is 0. The Morgan fingerprint density at radius 1 is 1.33 bits per heavy atom. The molecule has 1 atom stereocenters. The van der Waals surface area contributed by atoms with Crippen molar-refractivity contribution in [1.29, 1.82) is 0 Å². The summed E-state index contributed by atoms with van der Waals surface area (Å²) in [6.45, 7) is 7.30. The highest BCUT2D eigenvalue weighted by Crippen LogP contribution is 2.34. The van der Waals surface area contributed by atoms with Gasteiger partial charge in [0.1, 0.15) is 0 Å². The lowest BCUT2D eigenvalue weighted by Gasteiger charge is -2.39. The smallest absolute Gasteiger partial charge is 0.0641 e. The van der Waals surface area contributed by atoms with Gasteiger partial charge >= 0.3 is 0 Å². The van der Waals surface area contributed by atoms with Crippen molar-refractivity contribution in [3.8, 4) is 0 Å². The van der Waals surface area contributed by atoms with Crippen molar-refractivity contribution < 1.29 is 4.74 Å². The van der Waals surface area contributed by atoms with Crippen LogP contribution in [-0.4, -0.2) is 23.1 Å². The number of anilines is 1. The number of hydrogen-bond acceptors (Lipinski definition) is 3. The summed E-state index contributed by atoms with van der Waals surface area (Å²) in [7, 11) is 0. The number of rotatable bonds is 1. The summed E-state index contributed by atoms with van der Waals surface area (Å²) in [6.07, 6.45) is 2.25. The summed E-state index contributed by atoms with van der Waals surface area (Å²) in [4.78, 5) is 2.56. The van der Waals surface area contributed by atoms with Crippen molar-refractivity contribution in [3.63, 3.8) is 0 Å². The van der Waals surface area contributed by atoms with Crippen LogP contribution in [0.5, 0.6) is 0 Å². The predicted molar refractivity (Wildman–Crippen MR) is 73.2 cm³/mol. The third-order valence-electron chi connectivity index (χ3n) is 4.23. The van der Waals surface area contributed by atoms with Crippen LogP contribution in [0.25, 0.3) is 0 Å². The molecule has 18 heavy (non-hydrogen) atoms. The minimum atomic E-state index is 0.0171. The van der Waals surface area contributed by atoms with Crippen LogP contribution in [0, 0.1) is 0 Å². The Bertz CT molecular complexity index is 456. The molecule has 3 rings (SSSR count). The van der Waals surface area contributed by atoms with Crippen LogP contribution in [0.2, 0.25) is 0 Å². The van der Waals surface area contributed by atoms with Crippen molar-refractivity contribution in [2.45, 2.75) is 51.4 Å². The number of nitrogens with zero attached hydrogens (tertiary/aromatic N) is 1. The van der Waals surface area contributed by atoms with E-state index in [1.165, 1.54) is 11.1 Å². The molecule has 0 spiro atoms. The highest BCUT2D eigenvalue weighted by molar-refractivity contribution is 5.52. The highest BCUT2D eigenvalue weighted by atomic mass is 16.5. The standard InChI is InChI=1S/C15H22N2O/c1-15(2)8-12(6-7-18-15)17-9-11-4-3-5-14(16)13(11)10-17/h3-5,12H,6-10,16H2,1-2H3. The number of fused-ring (bicyclic) bond motifs is 1. The molecular weight excluding hydrogens is 224 g/mol. The minimum Gasteiger partial charge on any atom is -0.398 e. The first-order valence-corrected chi connectivity index (χ1v) is 6.79. The Balaban J connectivity index is 1.76. The topological polar surface area (TPSA) is 38.5 Å². The van der Waals surface area contributed by atoms with Gasteiger partial charge in [0, 0.05) is 31.4 Å².